The summed E-state index contributed by atoms with van der Waals surface area (Å²) in [6.07, 6.45) is 0.864. The van der Waals surface area contributed by atoms with Gasteiger partial charge in [0.2, 0.25) is 0 Å². The first-order chi connectivity index (χ1) is 8.20. The van der Waals surface area contributed by atoms with Crippen LogP contribution in [0.3, 0.4) is 0 Å². The minimum absolute atomic E-state index is 0.00782. The van der Waals surface area contributed by atoms with Gasteiger partial charge in [-0.25, -0.2) is 4.39 Å². The van der Waals surface area contributed by atoms with E-state index in [1.54, 1.807) is 19.2 Å². The van der Waals surface area contributed by atoms with Crippen molar-refractivity contribution in [1.82, 2.24) is 5.32 Å². The van der Waals surface area contributed by atoms with Crippen molar-refractivity contribution in [3.63, 3.8) is 0 Å². The molecule has 0 aromatic heterocycles. The molecule has 1 aliphatic heterocycles. The lowest BCUT2D eigenvalue weighted by molar-refractivity contribution is 0.0804. The summed E-state index contributed by atoms with van der Waals surface area (Å²) in [5, 5.41) is 3.27. The fraction of sp³-hybridized carbons (Fsp3) is 0.538. The van der Waals surface area contributed by atoms with Crippen LogP contribution < -0.4 is 11.1 Å². The lowest BCUT2D eigenvalue weighted by Crippen LogP contribution is -2.30. The second kappa shape index (κ2) is 5.58. The molecule has 17 heavy (non-hydrogen) atoms. The monoisotopic (exact) mass is 238 g/mol. The van der Waals surface area contributed by atoms with Gasteiger partial charge < -0.3 is 15.8 Å². The van der Waals surface area contributed by atoms with E-state index in [4.69, 9.17) is 10.5 Å². The highest BCUT2D eigenvalue weighted by Gasteiger charge is 2.27. The van der Waals surface area contributed by atoms with Gasteiger partial charge in [0.15, 0.2) is 0 Å². The molecular weight excluding hydrogens is 219 g/mol. The Morgan fingerprint density at radius 1 is 1.41 bits per heavy atom. The minimum atomic E-state index is -0.220. The van der Waals surface area contributed by atoms with Crippen LogP contribution in [0.1, 0.15) is 18.1 Å². The van der Waals surface area contributed by atoms with E-state index in [2.05, 4.69) is 5.32 Å². The molecule has 4 heteroatoms. The number of benzene rings is 1. The van der Waals surface area contributed by atoms with Crippen molar-refractivity contribution < 1.29 is 9.13 Å². The smallest absolute Gasteiger partial charge is 0.123 e. The van der Waals surface area contributed by atoms with Gasteiger partial charge >= 0.3 is 0 Å². The van der Waals surface area contributed by atoms with E-state index in [-0.39, 0.29) is 18.0 Å². The molecular formula is C13H19FN2O. The second-order valence-electron chi connectivity index (χ2n) is 4.59. The fourth-order valence-electron chi connectivity index (χ4n) is 2.33. The zero-order valence-corrected chi connectivity index (χ0v) is 10.0. The van der Waals surface area contributed by atoms with E-state index in [1.807, 2.05) is 0 Å². The summed E-state index contributed by atoms with van der Waals surface area (Å²) in [6, 6.07) is 6.67. The third kappa shape index (κ3) is 3.03. The molecule has 0 saturated carbocycles. The number of hydrogen-bond acceptors (Lipinski definition) is 3. The molecule has 0 amide bonds. The summed E-state index contributed by atoms with van der Waals surface area (Å²) in [7, 11) is 1.68. The molecule has 1 aromatic carbocycles. The van der Waals surface area contributed by atoms with Crippen LogP contribution in [0.2, 0.25) is 0 Å². The number of halogens is 1. The summed E-state index contributed by atoms with van der Waals surface area (Å²) in [5.41, 5.74) is 7.01. The Labute approximate surface area is 101 Å². The summed E-state index contributed by atoms with van der Waals surface area (Å²) in [4.78, 5) is 0. The van der Waals surface area contributed by atoms with E-state index < -0.39 is 0 Å². The van der Waals surface area contributed by atoms with Gasteiger partial charge in [-0.15, -0.1) is 0 Å². The predicted octanol–water partition coefficient (Wildman–Crippen LogP) is 1.45. The maximum atomic E-state index is 12.9. The van der Waals surface area contributed by atoms with Crippen LogP contribution in [-0.2, 0) is 4.74 Å². The van der Waals surface area contributed by atoms with E-state index >= 15 is 0 Å². The van der Waals surface area contributed by atoms with E-state index in [1.165, 1.54) is 12.1 Å². The molecule has 0 radical (unpaired) electrons. The summed E-state index contributed by atoms with van der Waals surface area (Å²) >= 11 is 0. The third-order valence-corrected chi connectivity index (χ3v) is 3.44. The summed E-state index contributed by atoms with van der Waals surface area (Å²) < 4.78 is 18.3. The predicted molar refractivity (Wildman–Crippen MR) is 65.1 cm³/mol. The van der Waals surface area contributed by atoms with Crippen molar-refractivity contribution >= 4 is 0 Å². The number of methoxy groups -OCH3 is 1. The van der Waals surface area contributed by atoms with Gasteiger partial charge in [-0.2, -0.15) is 0 Å². The van der Waals surface area contributed by atoms with Crippen LogP contribution in [0.25, 0.3) is 0 Å². The Morgan fingerprint density at radius 3 is 2.65 bits per heavy atom. The van der Waals surface area contributed by atoms with Gasteiger partial charge in [0.1, 0.15) is 5.82 Å². The molecule has 3 atom stereocenters. The Bertz CT molecular complexity index is 355. The number of ether oxygens (including phenoxy) is 1. The molecule has 0 aliphatic carbocycles. The molecule has 0 bridgehead atoms. The molecule has 1 aliphatic rings. The van der Waals surface area contributed by atoms with Crippen LogP contribution >= 0.6 is 0 Å². The number of hydrogen-bond donors (Lipinski definition) is 2. The van der Waals surface area contributed by atoms with Gasteiger partial charge in [-0.05, 0) is 36.6 Å². The van der Waals surface area contributed by atoms with E-state index in [9.17, 15) is 4.39 Å². The van der Waals surface area contributed by atoms with Gasteiger partial charge in [0, 0.05) is 19.7 Å². The average Bonchev–Trinajstić information content (AvgIpc) is 2.73. The van der Waals surface area contributed by atoms with E-state index in [0.29, 0.717) is 5.92 Å². The van der Waals surface area contributed by atoms with Gasteiger partial charge in [-0.3, -0.25) is 0 Å². The molecule has 94 valence electrons. The molecule has 1 saturated heterocycles. The minimum Gasteiger partial charge on any atom is -0.377 e. The molecule has 3 N–H and O–H groups in total. The quantitative estimate of drug-likeness (QED) is 0.834. The van der Waals surface area contributed by atoms with Crippen LogP contribution in [0.5, 0.6) is 0 Å². The zero-order valence-electron chi connectivity index (χ0n) is 10.0. The van der Waals surface area contributed by atoms with Crippen molar-refractivity contribution in [2.75, 3.05) is 20.2 Å². The Morgan fingerprint density at radius 2 is 2.12 bits per heavy atom. The second-order valence-corrected chi connectivity index (χ2v) is 4.59. The molecule has 3 nitrogen and oxygen atoms in total. The standard InChI is InChI=1S/C13H19FN2O/c1-17-13(6-10-7-16-8-12(10)15)9-2-4-11(14)5-3-9/h2-5,10,12-13,16H,6-8,15H2,1H3. The first-order valence-electron chi connectivity index (χ1n) is 5.95. The van der Waals surface area contributed by atoms with Crippen LogP contribution in [0.4, 0.5) is 4.39 Å². The summed E-state index contributed by atoms with van der Waals surface area (Å²) in [5.74, 6) is 0.202. The summed E-state index contributed by atoms with van der Waals surface area (Å²) in [6.45, 7) is 1.80. The number of nitrogens with two attached hydrogens (primary N) is 1. The van der Waals surface area contributed by atoms with Crippen molar-refractivity contribution in [1.29, 1.82) is 0 Å². The van der Waals surface area contributed by atoms with Crippen molar-refractivity contribution in [2.45, 2.75) is 18.6 Å². The van der Waals surface area contributed by atoms with Gasteiger partial charge in [0.05, 0.1) is 6.10 Å². The molecule has 1 heterocycles. The Balaban J connectivity index is 2.03. The molecule has 3 unspecified atom stereocenters. The maximum absolute atomic E-state index is 12.9. The average molecular weight is 238 g/mol. The van der Waals surface area contributed by atoms with Crippen LogP contribution in [0, 0.1) is 11.7 Å². The van der Waals surface area contributed by atoms with E-state index in [0.717, 1.165) is 25.1 Å². The highest BCUT2D eigenvalue weighted by Crippen LogP contribution is 2.27. The molecule has 2 rings (SSSR count). The van der Waals surface area contributed by atoms with Gasteiger partial charge in [0.25, 0.3) is 0 Å². The Kier molecular flexibility index (Phi) is 4.10. The number of nitrogens with one attached hydrogen (secondary N) is 1. The normalized spacial score (nSPS) is 26.1. The van der Waals surface area contributed by atoms with Crippen molar-refractivity contribution in [2.24, 2.45) is 11.7 Å². The van der Waals surface area contributed by atoms with Crippen LogP contribution in [-0.4, -0.2) is 26.2 Å². The highest BCUT2D eigenvalue weighted by atomic mass is 19.1. The van der Waals surface area contributed by atoms with Crippen molar-refractivity contribution in [3.05, 3.63) is 35.6 Å². The number of rotatable bonds is 4. The van der Waals surface area contributed by atoms with Crippen molar-refractivity contribution in [3.8, 4) is 0 Å². The lowest BCUT2D eigenvalue weighted by Gasteiger charge is -2.21. The highest BCUT2D eigenvalue weighted by molar-refractivity contribution is 5.19. The topological polar surface area (TPSA) is 47.3 Å². The van der Waals surface area contributed by atoms with Gasteiger partial charge in [-0.1, -0.05) is 12.1 Å². The Hall–Kier alpha value is -0.970. The SMILES string of the molecule is COC(CC1CNCC1N)c1ccc(F)cc1. The zero-order chi connectivity index (χ0) is 12.3. The fourth-order valence-corrected chi connectivity index (χ4v) is 2.33. The molecule has 1 fully saturated rings. The third-order valence-electron chi connectivity index (χ3n) is 3.44. The molecule has 1 aromatic rings. The first kappa shape index (κ1) is 12.5. The largest absolute Gasteiger partial charge is 0.377 e. The maximum Gasteiger partial charge on any atom is 0.123 e. The first-order valence-corrected chi connectivity index (χ1v) is 5.95. The molecule has 0 spiro atoms. The van der Waals surface area contributed by atoms with Crippen LogP contribution in [0.15, 0.2) is 24.3 Å². The lowest BCUT2D eigenvalue weighted by atomic mass is 9.93.